The number of hydrogen-bond donors (Lipinski definition) is 1. The van der Waals surface area contributed by atoms with Gasteiger partial charge in [0.25, 0.3) is 0 Å². The summed E-state index contributed by atoms with van der Waals surface area (Å²) in [7, 11) is 0. The molecule has 5 heteroatoms. The minimum atomic E-state index is -0.752. The summed E-state index contributed by atoms with van der Waals surface area (Å²) >= 11 is 1.19. The Morgan fingerprint density at radius 1 is 1.53 bits per heavy atom. The molecule has 1 fully saturated rings. The largest absolute Gasteiger partial charge is 0.386 e. The molecule has 2 rings (SSSR count). The first-order valence-electron chi connectivity index (χ1n) is 5.35. The molecular weight excluding hydrogens is 241 g/mol. The Morgan fingerprint density at radius 2 is 2.18 bits per heavy atom. The molecule has 0 aromatic heterocycles. The Labute approximate surface area is 104 Å². The van der Waals surface area contributed by atoms with Crippen LogP contribution in [0.5, 0.6) is 0 Å². The van der Waals surface area contributed by atoms with Crippen molar-refractivity contribution in [3.8, 4) is 0 Å². The molecule has 3 nitrogen and oxygen atoms in total. The second-order valence-corrected chi connectivity index (χ2v) is 5.48. The van der Waals surface area contributed by atoms with E-state index in [1.54, 1.807) is 30.0 Å². The van der Waals surface area contributed by atoms with Gasteiger partial charge in [-0.2, -0.15) is 0 Å². The number of likely N-dealkylation sites (tertiary alicyclic amines) is 1. The number of carbonyl (C=O) groups is 1. The van der Waals surface area contributed by atoms with Gasteiger partial charge in [-0.25, -0.2) is 4.39 Å². The summed E-state index contributed by atoms with van der Waals surface area (Å²) in [4.78, 5) is 13.7. The lowest BCUT2D eigenvalue weighted by molar-refractivity contribution is -0.149. The number of amides is 1. The fourth-order valence-corrected chi connectivity index (χ4v) is 2.59. The summed E-state index contributed by atoms with van der Waals surface area (Å²) in [6.07, 6.45) is 0. The number of thioether (sulfide) groups is 1. The van der Waals surface area contributed by atoms with Gasteiger partial charge in [-0.15, -0.1) is 11.8 Å². The van der Waals surface area contributed by atoms with Crippen molar-refractivity contribution >= 4 is 17.7 Å². The van der Waals surface area contributed by atoms with Crippen LogP contribution >= 0.6 is 11.8 Å². The Hall–Kier alpha value is -1.07. The van der Waals surface area contributed by atoms with E-state index in [0.717, 1.165) is 0 Å². The van der Waals surface area contributed by atoms with Crippen molar-refractivity contribution in [2.75, 3.05) is 18.8 Å². The van der Waals surface area contributed by atoms with Crippen LogP contribution in [-0.4, -0.2) is 40.4 Å². The van der Waals surface area contributed by atoms with E-state index >= 15 is 0 Å². The van der Waals surface area contributed by atoms with Crippen LogP contribution in [0.25, 0.3) is 0 Å². The zero-order valence-electron chi connectivity index (χ0n) is 9.52. The molecule has 1 aromatic rings. The smallest absolute Gasteiger partial charge is 0.233 e. The van der Waals surface area contributed by atoms with E-state index in [1.807, 2.05) is 0 Å². The minimum Gasteiger partial charge on any atom is -0.386 e. The standard InChI is InChI=1S/C12H14FNO2S/c1-12(16)7-14(8-12)11(15)6-17-10-5-3-2-4-9(10)13/h2-5,16H,6-8H2,1H3. The summed E-state index contributed by atoms with van der Waals surface area (Å²) in [6, 6.07) is 6.39. The van der Waals surface area contributed by atoms with E-state index < -0.39 is 5.60 Å². The molecule has 0 aliphatic carbocycles. The Morgan fingerprint density at radius 3 is 2.76 bits per heavy atom. The Bertz CT molecular complexity index is 428. The fraction of sp³-hybridized carbons (Fsp3) is 0.417. The molecule has 0 spiro atoms. The molecule has 1 aliphatic heterocycles. The van der Waals surface area contributed by atoms with Gasteiger partial charge in [0.05, 0.1) is 24.4 Å². The van der Waals surface area contributed by atoms with Crippen molar-refractivity contribution in [3.05, 3.63) is 30.1 Å². The molecule has 1 heterocycles. The molecule has 0 bridgehead atoms. The molecule has 1 aromatic carbocycles. The van der Waals surface area contributed by atoms with Crippen LogP contribution in [0.2, 0.25) is 0 Å². The quantitative estimate of drug-likeness (QED) is 0.832. The zero-order valence-corrected chi connectivity index (χ0v) is 10.3. The van der Waals surface area contributed by atoms with Gasteiger partial charge < -0.3 is 10.0 Å². The summed E-state index contributed by atoms with van der Waals surface area (Å²) < 4.78 is 13.3. The van der Waals surface area contributed by atoms with Crippen molar-refractivity contribution in [1.29, 1.82) is 0 Å². The molecule has 1 N–H and O–H groups in total. The first-order chi connectivity index (χ1) is 7.98. The molecule has 92 valence electrons. The summed E-state index contributed by atoms with van der Waals surface area (Å²) in [5, 5.41) is 9.50. The average molecular weight is 255 g/mol. The van der Waals surface area contributed by atoms with E-state index in [9.17, 15) is 14.3 Å². The number of nitrogens with zero attached hydrogens (tertiary/aromatic N) is 1. The highest BCUT2D eigenvalue weighted by atomic mass is 32.2. The van der Waals surface area contributed by atoms with Crippen molar-refractivity contribution < 1.29 is 14.3 Å². The lowest BCUT2D eigenvalue weighted by Crippen LogP contribution is -2.62. The molecule has 0 saturated carbocycles. The highest BCUT2D eigenvalue weighted by Crippen LogP contribution is 2.24. The van der Waals surface area contributed by atoms with Gasteiger partial charge in [0.2, 0.25) is 5.91 Å². The van der Waals surface area contributed by atoms with Gasteiger partial charge in [0.1, 0.15) is 5.82 Å². The van der Waals surface area contributed by atoms with Crippen LogP contribution in [0.4, 0.5) is 4.39 Å². The van der Waals surface area contributed by atoms with Gasteiger partial charge >= 0.3 is 0 Å². The Kier molecular flexibility index (Phi) is 3.40. The first kappa shape index (κ1) is 12.4. The summed E-state index contributed by atoms with van der Waals surface area (Å²) in [6.45, 7) is 2.42. The molecule has 1 amide bonds. The van der Waals surface area contributed by atoms with Crippen LogP contribution in [-0.2, 0) is 4.79 Å². The second kappa shape index (κ2) is 4.66. The number of carbonyl (C=O) groups excluding carboxylic acids is 1. The normalized spacial score (nSPS) is 17.7. The summed E-state index contributed by atoms with van der Waals surface area (Å²) in [5.41, 5.74) is -0.752. The predicted octanol–water partition coefficient (Wildman–Crippen LogP) is 1.51. The summed E-state index contributed by atoms with van der Waals surface area (Å²) in [5.74, 6) is -0.164. The van der Waals surface area contributed by atoms with Gasteiger partial charge in [-0.05, 0) is 19.1 Å². The minimum absolute atomic E-state index is 0.0650. The monoisotopic (exact) mass is 255 g/mol. The number of β-amino-alcohol motifs (C(OH)–C–C–N with tert-alkyl or cyclic N) is 1. The predicted molar refractivity (Wildman–Crippen MR) is 64.3 cm³/mol. The van der Waals surface area contributed by atoms with Crippen molar-refractivity contribution in [2.24, 2.45) is 0 Å². The molecule has 17 heavy (non-hydrogen) atoms. The molecule has 0 atom stereocenters. The number of aliphatic hydroxyl groups is 1. The molecule has 1 aliphatic rings. The maximum Gasteiger partial charge on any atom is 0.233 e. The number of rotatable bonds is 3. The molecule has 0 radical (unpaired) electrons. The zero-order chi connectivity index (χ0) is 12.5. The third-order valence-electron chi connectivity index (χ3n) is 2.60. The fourth-order valence-electron chi connectivity index (χ4n) is 1.74. The van der Waals surface area contributed by atoms with Gasteiger partial charge in [0, 0.05) is 4.90 Å². The maximum absolute atomic E-state index is 13.3. The van der Waals surface area contributed by atoms with E-state index in [1.165, 1.54) is 17.8 Å². The highest BCUT2D eigenvalue weighted by Gasteiger charge is 2.39. The van der Waals surface area contributed by atoms with E-state index in [-0.39, 0.29) is 17.5 Å². The molecular formula is C12H14FNO2S. The van der Waals surface area contributed by atoms with E-state index in [2.05, 4.69) is 0 Å². The number of halogens is 1. The van der Waals surface area contributed by atoms with Crippen LogP contribution in [0.15, 0.2) is 29.2 Å². The van der Waals surface area contributed by atoms with Gasteiger partial charge in [-0.3, -0.25) is 4.79 Å². The van der Waals surface area contributed by atoms with Crippen molar-refractivity contribution in [1.82, 2.24) is 4.90 Å². The topological polar surface area (TPSA) is 40.5 Å². The van der Waals surface area contributed by atoms with Crippen LogP contribution in [0.3, 0.4) is 0 Å². The lowest BCUT2D eigenvalue weighted by Gasteiger charge is -2.44. The SMILES string of the molecule is CC1(O)CN(C(=O)CSc2ccccc2F)C1. The molecule has 0 unspecified atom stereocenters. The van der Waals surface area contributed by atoms with Crippen LogP contribution in [0.1, 0.15) is 6.92 Å². The third kappa shape index (κ3) is 2.98. The van der Waals surface area contributed by atoms with Crippen LogP contribution in [0, 0.1) is 5.82 Å². The maximum atomic E-state index is 13.3. The Balaban J connectivity index is 1.83. The average Bonchev–Trinajstić information content (AvgIpc) is 2.24. The van der Waals surface area contributed by atoms with Gasteiger partial charge in [-0.1, -0.05) is 12.1 Å². The highest BCUT2D eigenvalue weighted by molar-refractivity contribution is 8.00. The van der Waals surface area contributed by atoms with Crippen molar-refractivity contribution in [3.63, 3.8) is 0 Å². The van der Waals surface area contributed by atoms with Crippen LogP contribution < -0.4 is 0 Å². The number of hydrogen-bond acceptors (Lipinski definition) is 3. The number of benzene rings is 1. The molecule has 1 saturated heterocycles. The van der Waals surface area contributed by atoms with E-state index in [0.29, 0.717) is 18.0 Å². The lowest BCUT2D eigenvalue weighted by atomic mass is 9.97. The van der Waals surface area contributed by atoms with Crippen molar-refractivity contribution in [2.45, 2.75) is 17.4 Å². The first-order valence-corrected chi connectivity index (χ1v) is 6.34. The van der Waals surface area contributed by atoms with E-state index in [4.69, 9.17) is 0 Å². The van der Waals surface area contributed by atoms with Gasteiger partial charge in [0.15, 0.2) is 0 Å². The second-order valence-electron chi connectivity index (χ2n) is 4.47. The third-order valence-corrected chi connectivity index (χ3v) is 3.64.